The van der Waals surface area contributed by atoms with Gasteiger partial charge in [0.05, 0.1) is 11.2 Å². The zero-order chi connectivity index (χ0) is 23.7. The number of hydrogen-bond acceptors (Lipinski definition) is 6. The predicted molar refractivity (Wildman–Crippen MR) is 128 cm³/mol. The third-order valence-electron chi connectivity index (χ3n) is 6.43. The van der Waals surface area contributed by atoms with Crippen LogP contribution in [0.15, 0.2) is 42.7 Å². The molecule has 34 heavy (non-hydrogen) atoms. The molecule has 4 heterocycles. The van der Waals surface area contributed by atoms with Crippen LogP contribution in [-0.2, 0) is 4.79 Å². The summed E-state index contributed by atoms with van der Waals surface area (Å²) in [6.07, 6.45) is 7.43. The number of ether oxygens (including phenoxy) is 1. The van der Waals surface area contributed by atoms with E-state index in [0.717, 1.165) is 65.1 Å². The number of carboxylic acids is 1. The smallest absolute Gasteiger partial charge is 0.303 e. The molecular weight excluding hydrogens is 430 g/mol. The molecule has 1 saturated carbocycles. The van der Waals surface area contributed by atoms with Crippen LogP contribution in [0, 0.1) is 19.8 Å². The van der Waals surface area contributed by atoms with Gasteiger partial charge in [-0.25, -0.2) is 15.0 Å². The lowest BCUT2D eigenvalue weighted by Crippen LogP contribution is -2.25. The molecule has 0 unspecified atom stereocenters. The van der Waals surface area contributed by atoms with Gasteiger partial charge in [-0.2, -0.15) is 0 Å². The molecule has 0 spiro atoms. The van der Waals surface area contributed by atoms with Gasteiger partial charge >= 0.3 is 5.97 Å². The first kappa shape index (κ1) is 22.0. The van der Waals surface area contributed by atoms with Gasteiger partial charge in [0, 0.05) is 41.7 Å². The quantitative estimate of drug-likeness (QED) is 0.413. The number of aliphatic carboxylic acids is 1. The van der Waals surface area contributed by atoms with Crippen molar-refractivity contribution in [1.29, 1.82) is 0 Å². The lowest BCUT2D eigenvalue weighted by molar-refractivity contribution is -0.138. The van der Waals surface area contributed by atoms with Gasteiger partial charge in [0.15, 0.2) is 5.65 Å². The molecule has 1 aliphatic rings. The molecule has 0 atom stereocenters. The molecule has 0 aromatic carbocycles. The summed E-state index contributed by atoms with van der Waals surface area (Å²) in [6.45, 7) is 3.99. The molecule has 8 nitrogen and oxygen atoms in total. The zero-order valence-corrected chi connectivity index (χ0v) is 19.3. The van der Waals surface area contributed by atoms with Crippen molar-refractivity contribution >= 4 is 17.1 Å². The van der Waals surface area contributed by atoms with E-state index >= 15 is 0 Å². The van der Waals surface area contributed by atoms with Crippen LogP contribution in [-0.4, -0.2) is 42.1 Å². The van der Waals surface area contributed by atoms with Gasteiger partial charge < -0.3 is 14.8 Å². The van der Waals surface area contributed by atoms with Gasteiger partial charge in [0.2, 0.25) is 5.88 Å². The normalized spacial score (nSPS) is 18.2. The van der Waals surface area contributed by atoms with Crippen LogP contribution in [0.2, 0.25) is 0 Å². The number of hydrogen-bond donors (Lipinski definition) is 2. The van der Waals surface area contributed by atoms with Crippen LogP contribution in [0.4, 0.5) is 0 Å². The molecule has 174 valence electrons. The molecule has 4 aromatic heterocycles. The predicted octanol–water partition coefficient (Wildman–Crippen LogP) is 5.11. The molecular formula is C26H27N5O3. The number of imidazole rings is 1. The van der Waals surface area contributed by atoms with Crippen molar-refractivity contribution in [2.24, 2.45) is 5.92 Å². The molecule has 4 aromatic rings. The van der Waals surface area contributed by atoms with Crippen molar-refractivity contribution in [3.63, 3.8) is 0 Å². The van der Waals surface area contributed by atoms with E-state index in [1.165, 1.54) is 0 Å². The van der Waals surface area contributed by atoms with Crippen molar-refractivity contribution < 1.29 is 14.6 Å². The number of pyridine rings is 3. The van der Waals surface area contributed by atoms with E-state index < -0.39 is 5.97 Å². The maximum absolute atomic E-state index is 10.9. The summed E-state index contributed by atoms with van der Waals surface area (Å²) >= 11 is 0. The number of carbonyl (C=O) groups is 1. The average molecular weight is 458 g/mol. The minimum Gasteiger partial charge on any atom is -0.481 e. The van der Waals surface area contributed by atoms with Crippen molar-refractivity contribution in [2.75, 3.05) is 0 Å². The fourth-order valence-electron chi connectivity index (χ4n) is 4.55. The van der Waals surface area contributed by atoms with E-state index in [9.17, 15) is 4.79 Å². The number of aromatic amines is 1. The number of carboxylic acid groups (broad SMARTS) is 1. The van der Waals surface area contributed by atoms with Crippen molar-refractivity contribution in [3.8, 4) is 28.5 Å². The zero-order valence-electron chi connectivity index (χ0n) is 19.3. The van der Waals surface area contributed by atoms with E-state index in [-0.39, 0.29) is 18.4 Å². The van der Waals surface area contributed by atoms with Gasteiger partial charge in [0.25, 0.3) is 0 Å². The summed E-state index contributed by atoms with van der Waals surface area (Å²) in [7, 11) is 0. The molecule has 1 fully saturated rings. The van der Waals surface area contributed by atoms with Crippen LogP contribution in [0.25, 0.3) is 33.8 Å². The second-order valence-electron chi connectivity index (χ2n) is 9.04. The Morgan fingerprint density at radius 1 is 1.06 bits per heavy atom. The molecule has 8 heteroatoms. The maximum atomic E-state index is 10.9. The van der Waals surface area contributed by atoms with Crippen LogP contribution in [0.3, 0.4) is 0 Å². The van der Waals surface area contributed by atoms with Crippen molar-refractivity contribution in [1.82, 2.24) is 24.9 Å². The summed E-state index contributed by atoms with van der Waals surface area (Å²) in [6, 6.07) is 9.82. The Balaban J connectivity index is 1.26. The Hall–Kier alpha value is -3.81. The largest absolute Gasteiger partial charge is 0.481 e. The fraction of sp³-hybridized carbons (Fsp3) is 0.346. The molecule has 0 amide bonds. The van der Waals surface area contributed by atoms with Crippen LogP contribution < -0.4 is 4.74 Å². The van der Waals surface area contributed by atoms with Gasteiger partial charge in [-0.15, -0.1) is 0 Å². The number of H-pyrrole nitrogens is 1. The molecule has 0 radical (unpaired) electrons. The molecule has 2 N–H and O–H groups in total. The topological polar surface area (TPSA) is 114 Å². The summed E-state index contributed by atoms with van der Waals surface area (Å²) in [5, 5.41) is 8.96. The van der Waals surface area contributed by atoms with E-state index in [1.54, 1.807) is 6.20 Å². The highest BCUT2D eigenvalue weighted by Crippen LogP contribution is 2.30. The highest BCUT2D eigenvalue weighted by molar-refractivity contribution is 5.77. The van der Waals surface area contributed by atoms with E-state index in [2.05, 4.69) is 24.9 Å². The minimum absolute atomic E-state index is 0.0881. The van der Waals surface area contributed by atoms with Crippen LogP contribution >= 0.6 is 0 Å². The monoisotopic (exact) mass is 457 g/mol. The molecule has 1 aliphatic carbocycles. The molecule has 0 saturated heterocycles. The highest BCUT2D eigenvalue weighted by Gasteiger charge is 2.24. The Kier molecular flexibility index (Phi) is 5.96. The Morgan fingerprint density at radius 2 is 1.88 bits per heavy atom. The lowest BCUT2D eigenvalue weighted by atomic mass is 9.85. The molecule has 0 bridgehead atoms. The molecule has 5 rings (SSSR count). The van der Waals surface area contributed by atoms with Gasteiger partial charge in [-0.1, -0.05) is 0 Å². The standard InChI is InChI=1S/C26H27N5O3/c1-15-11-22(27-14-20(15)25-30-21-9-3-16(2)29-26(21)31-25)18-6-10-23(28-13-18)34-19-7-4-17(5-8-19)12-24(32)33/h3,6,9-11,13-14,17,19H,4-5,7-8,12H2,1-2H3,(H,32,33)(H,29,30,31)/t17-,19+. The Bertz CT molecular complexity index is 1320. The molecule has 0 aliphatic heterocycles. The first-order chi connectivity index (χ1) is 16.4. The third kappa shape index (κ3) is 4.76. The lowest BCUT2D eigenvalue weighted by Gasteiger charge is -2.27. The van der Waals surface area contributed by atoms with Crippen LogP contribution in [0.5, 0.6) is 5.88 Å². The SMILES string of the molecule is Cc1ccc2[nH]c(-c3cnc(-c4ccc(O[C@H]5CC[C@@H](CC(=O)O)CC5)nc4)cc3C)nc2n1. The van der Waals surface area contributed by atoms with E-state index in [1.807, 2.05) is 50.4 Å². The summed E-state index contributed by atoms with van der Waals surface area (Å²) in [5.74, 6) is 0.876. The summed E-state index contributed by atoms with van der Waals surface area (Å²) in [5.41, 5.74) is 6.27. The van der Waals surface area contributed by atoms with E-state index in [4.69, 9.17) is 9.84 Å². The highest BCUT2D eigenvalue weighted by atomic mass is 16.5. The number of nitrogens with one attached hydrogen (secondary N) is 1. The number of aryl methyl sites for hydroxylation is 2. The Labute approximate surface area is 197 Å². The maximum Gasteiger partial charge on any atom is 0.303 e. The average Bonchev–Trinajstić information content (AvgIpc) is 3.23. The Morgan fingerprint density at radius 3 is 2.59 bits per heavy atom. The first-order valence-corrected chi connectivity index (χ1v) is 11.6. The summed E-state index contributed by atoms with van der Waals surface area (Å²) < 4.78 is 6.04. The second kappa shape index (κ2) is 9.21. The minimum atomic E-state index is -0.719. The number of fused-ring (bicyclic) bond motifs is 1. The van der Waals surface area contributed by atoms with Gasteiger partial charge in [-0.05, 0) is 75.3 Å². The number of rotatable bonds is 6. The van der Waals surface area contributed by atoms with Gasteiger partial charge in [-0.3, -0.25) is 9.78 Å². The number of aromatic nitrogens is 5. The van der Waals surface area contributed by atoms with Crippen molar-refractivity contribution in [2.45, 2.75) is 52.1 Å². The van der Waals surface area contributed by atoms with E-state index in [0.29, 0.717) is 11.5 Å². The summed E-state index contributed by atoms with van der Waals surface area (Å²) in [4.78, 5) is 32.4. The third-order valence-corrected chi connectivity index (χ3v) is 6.43. The second-order valence-corrected chi connectivity index (χ2v) is 9.04. The van der Waals surface area contributed by atoms with Gasteiger partial charge in [0.1, 0.15) is 11.9 Å². The fourth-order valence-corrected chi connectivity index (χ4v) is 4.55. The number of nitrogens with zero attached hydrogens (tertiary/aromatic N) is 4. The first-order valence-electron chi connectivity index (χ1n) is 11.6. The van der Waals surface area contributed by atoms with Crippen LogP contribution in [0.1, 0.15) is 43.4 Å². The van der Waals surface area contributed by atoms with Crippen molar-refractivity contribution in [3.05, 3.63) is 54.0 Å².